The Bertz CT molecular complexity index is 1590. The summed E-state index contributed by atoms with van der Waals surface area (Å²) in [6.45, 7) is 1.54. The smallest absolute Gasteiger partial charge is 0.364 e. The van der Waals surface area contributed by atoms with Crippen LogP contribution in [0.2, 0.25) is 10.2 Å². The van der Waals surface area contributed by atoms with Crippen LogP contribution in [0, 0.1) is 12.7 Å². The molecule has 0 saturated heterocycles. The number of ether oxygens (including phenoxy) is 1. The summed E-state index contributed by atoms with van der Waals surface area (Å²) in [6, 6.07) is 8.47. The number of rotatable bonds is 3. The Labute approximate surface area is 193 Å². The maximum Gasteiger partial charge on any atom is 0.364 e. The number of imidazole rings is 1. The van der Waals surface area contributed by atoms with Crippen molar-refractivity contribution in [1.29, 1.82) is 0 Å². The molecule has 0 amide bonds. The van der Waals surface area contributed by atoms with Gasteiger partial charge in [0.2, 0.25) is 5.43 Å². The molecule has 0 bridgehead atoms. The lowest BCUT2D eigenvalue weighted by Crippen LogP contribution is -2.12. The van der Waals surface area contributed by atoms with Crippen molar-refractivity contribution in [1.82, 2.24) is 9.38 Å². The molecule has 0 aliphatic heterocycles. The summed E-state index contributed by atoms with van der Waals surface area (Å²) < 4.78 is 27.2. The van der Waals surface area contributed by atoms with Crippen LogP contribution in [0.15, 0.2) is 57.2 Å². The average molecular weight is 489 g/mol. The SMILES string of the molecule is Cc1oc2cc(OC(=O)c3c(Cl)nc4sccn34)ccc2c(=O)c1-c1c(F)cccc1Cl. The Balaban J connectivity index is 1.57. The number of aryl methyl sites for hydroxylation is 1. The van der Waals surface area contributed by atoms with Gasteiger partial charge in [-0.15, -0.1) is 11.3 Å². The number of esters is 1. The van der Waals surface area contributed by atoms with Gasteiger partial charge in [0.1, 0.15) is 22.9 Å². The summed E-state index contributed by atoms with van der Waals surface area (Å²) in [5.74, 6) is -1.02. The largest absolute Gasteiger partial charge is 0.460 e. The van der Waals surface area contributed by atoms with Gasteiger partial charge in [-0.2, -0.15) is 0 Å². The van der Waals surface area contributed by atoms with E-state index in [1.807, 2.05) is 0 Å². The van der Waals surface area contributed by atoms with E-state index in [4.69, 9.17) is 32.4 Å². The van der Waals surface area contributed by atoms with Gasteiger partial charge in [0.05, 0.1) is 16.0 Å². The van der Waals surface area contributed by atoms with Crippen LogP contribution in [-0.4, -0.2) is 15.4 Å². The minimum absolute atomic E-state index is 0.0204. The highest BCUT2D eigenvalue weighted by molar-refractivity contribution is 7.15. The average Bonchev–Trinajstić information content (AvgIpc) is 3.29. The van der Waals surface area contributed by atoms with E-state index in [2.05, 4.69) is 4.98 Å². The normalized spacial score (nSPS) is 11.4. The molecule has 10 heteroatoms. The highest BCUT2D eigenvalue weighted by Gasteiger charge is 2.23. The lowest BCUT2D eigenvalue weighted by Gasteiger charge is -2.10. The molecule has 0 aliphatic carbocycles. The van der Waals surface area contributed by atoms with Gasteiger partial charge in [0, 0.05) is 23.2 Å². The minimum atomic E-state index is -0.714. The molecule has 2 aromatic carbocycles. The van der Waals surface area contributed by atoms with Crippen molar-refractivity contribution < 1.29 is 18.3 Å². The molecular weight excluding hydrogens is 478 g/mol. The maximum atomic E-state index is 14.4. The molecule has 0 unspecified atom stereocenters. The van der Waals surface area contributed by atoms with Crippen molar-refractivity contribution in [3.05, 3.63) is 85.6 Å². The molecule has 0 N–H and O–H groups in total. The highest BCUT2D eigenvalue weighted by Crippen LogP contribution is 2.33. The zero-order valence-electron chi connectivity index (χ0n) is 16.2. The summed E-state index contributed by atoms with van der Waals surface area (Å²) >= 11 is 13.5. The molecule has 3 heterocycles. The Morgan fingerprint density at radius 3 is 2.81 bits per heavy atom. The predicted octanol–water partition coefficient (Wildman–Crippen LogP) is 6.14. The third-order valence-electron chi connectivity index (χ3n) is 4.88. The molecular formula is C22H11Cl2FN2O4S. The van der Waals surface area contributed by atoms with E-state index >= 15 is 0 Å². The van der Waals surface area contributed by atoms with Gasteiger partial charge >= 0.3 is 5.97 Å². The fourth-order valence-electron chi connectivity index (χ4n) is 3.47. The van der Waals surface area contributed by atoms with Crippen LogP contribution in [-0.2, 0) is 0 Å². The first-order valence-corrected chi connectivity index (χ1v) is 10.8. The number of aromatic nitrogens is 2. The first-order valence-electron chi connectivity index (χ1n) is 9.20. The second-order valence-electron chi connectivity index (χ2n) is 6.81. The van der Waals surface area contributed by atoms with Gasteiger partial charge in [0.25, 0.3) is 0 Å². The number of thiazole rings is 1. The molecule has 5 rings (SSSR count). The number of benzene rings is 2. The van der Waals surface area contributed by atoms with Gasteiger partial charge in [-0.3, -0.25) is 9.20 Å². The van der Waals surface area contributed by atoms with Gasteiger partial charge in [-0.25, -0.2) is 14.2 Å². The van der Waals surface area contributed by atoms with E-state index in [1.54, 1.807) is 11.6 Å². The van der Waals surface area contributed by atoms with E-state index in [0.717, 1.165) is 0 Å². The monoisotopic (exact) mass is 488 g/mol. The molecule has 0 radical (unpaired) electrons. The summed E-state index contributed by atoms with van der Waals surface area (Å²) in [7, 11) is 0. The number of nitrogens with zero attached hydrogens (tertiary/aromatic N) is 2. The van der Waals surface area contributed by atoms with Crippen molar-refractivity contribution in [2.24, 2.45) is 0 Å². The van der Waals surface area contributed by atoms with Gasteiger partial charge in [-0.1, -0.05) is 29.3 Å². The molecule has 5 aromatic rings. The molecule has 0 saturated carbocycles. The van der Waals surface area contributed by atoms with E-state index in [9.17, 15) is 14.0 Å². The first-order chi connectivity index (χ1) is 15.3. The maximum absolute atomic E-state index is 14.4. The molecule has 32 heavy (non-hydrogen) atoms. The topological polar surface area (TPSA) is 73.8 Å². The van der Waals surface area contributed by atoms with Crippen molar-refractivity contribution in [3.8, 4) is 16.9 Å². The molecule has 0 fully saturated rings. The third-order valence-corrected chi connectivity index (χ3v) is 6.21. The second kappa shape index (κ2) is 7.74. The highest BCUT2D eigenvalue weighted by atomic mass is 35.5. The molecule has 0 atom stereocenters. The molecule has 3 aromatic heterocycles. The van der Waals surface area contributed by atoms with E-state index in [1.165, 1.54) is 59.1 Å². The summed E-state index contributed by atoms with van der Waals surface area (Å²) in [6.07, 6.45) is 1.66. The van der Waals surface area contributed by atoms with Crippen LogP contribution in [0.3, 0.4) is 0 Å². The number of hydrogen-bond donors (Lipinski definition) is 0. The van der Waals surface area contributed by atoms with E-state index in [0.29, 0.717) is 4.96 Å². The van der Waals surface area contributed by atoms with Gasteiger partial charge < -0.3 is 9.15 Å². The molecule has 0 spiro atoms. The minimum Gasteiger partial charge on any atom is -0.460 e. The van der Waals surface area contributed by atoms with Crippen molar-refractivity contribution in [2.75, 3.05) is 0 Å². The zero-order valence-corrected chi connectivity index (χ0v) is 18.5. The zero-order chi connectivity index (χ0) is 22.6. The van der Waals surface area contributed by atoms with Crippen LogP contribution in [0.1, 0.15) is 16.2 Å². The van der Waals surface area contributed by atoms with E-state index < -0.39 is 17.2 Å². The Kier molecular flexibility index (Phi) is 5.00. The van der Waals surface area contributed by atoms with E-state index in [-0.39, 0.29) is 49.5 Å². The van der Waals surface area contributed by atoms with Crippen molar-refractivity contribution in [2.45, 2.75) is 6.92 Å². The lowest BCUT2D eigenvalue weighted by atomic mass is 10.0. The Morgan fingerprint density at radius 2 is 2.03 bits per heavy atom. The fraction of sp³-hybridized carbons (Fsp3) is 0.0455. The first kappa shape index (κ1) is 20.7. The quantitative estimate of drug-likeness (QED) is 0.225. The van der Waals surface area contributed by atoms with Crippen LogP contribution in [0.5, 0.6) is 5.75 Å². The number of hydrogen-bond acceptors (Lipinski definition) is 6. The number of fused-ring (bicyclic) bond motifs is 2. The predicted molar refractivity (Wildman–Crippen MR) is 121 cm³/mol. The molecule has 160 valence electrons. The van der Waals surface area contributed by atoms with Crippen molar-refractivity contribution in [3.63, 3.8) is 0 Å². The number of carbonyl (C=O) groups excluding carboxylic acids is 1. The van der Waals surface area contributed by atoms with Gasteiger partial charge in [-0.05, 0) is 31.2 Å². The summed E-state index contributed by atoms with van der Waals surface area (Å²) in [5, 5.41) is 2.08. The Hall–Kier alpha value is -3.20. The van der Waals surface area contributed by atoms with Crippen LogP contribution >= 0.6 is 34.5 Å². The van der Waals surface area contributed by atoms with Crippen molar-refractivity contribution >= 4 is 56.4 Å². The van der Waals surface area contributed by atoms with Gasteiger partial charge in [0.15, 0.2) is 15.8 Å². The molecule has 6 nitrogen and oxygen atoms in total. The van der Waals surface area contributed by atoms with Crippen LogP contribution < -0.4 is 10.2 Å². The number of carbonyl (C=O) groups is 1. The van der Waals surface area contributed by atoms with Crippen LogP contribution in [0.25, 0.3) is 27.1 Å². The van der Waals surface area contributed by atoms with Crippen LogP contribution in [0.4, 0.5) is 4.39 Å². The molecule has 0 aliphatic rings. The number of halogens is 3. The second-order valence-corrected chi connectivity index (χ2v) is 8.45. The Morgan fingerprint density at radius 1 is 1.22 bits per heavy atom. The third kappa shape index (κ3) is 3.28. The summed E-state index contributed by atoms with van der Waals surface area (Å²) in [5.41, 5.74) is -0.170. The lowest BCUT2D eigenvalue weighted by molar-refractivity contribution is 0.0728. The summed E-state index contributed by atoms with van der Waals surface area (Å²) in [4.78, 5) is 30.5. The fourth-order valence-corrected chi connectivity index (χ4v) is 4.74. The standard InChI is InChI=1S/C22H11Cl2FN2O4S/c1-10-16(17-13(23)3-2-4-14(17)25)19(28)12-6-5-11(9-15(12)30-10)31-21(29)18-20(24)26-22-27(18)7-8-32-22/h2-9H,1H3.